The molecule has 0 aromatic carbocycles. The average Bonchev–Trinajstić information content (AvgIpc) is 3.16. The monoisotopic (exact) mass is 725 g/mol. The highest BCUT2D eigenvalue weighted by molar-refractivity contribution is 5.21. The van der Waals surface area contributed by atoms with Gasteiger partial charge in [-0.05, 0) is 37.7 Å². The Kier molecular flexibility index (Phi) is 39.1. The lowest BCUT2D eigenvalue weighted by Gasteiger charge is -2.10. The van der Waals surface area contributed by atoms with Crippen molar-refractivity contribution in [2.45, 2.75) is 297 Å². The lowest BCUT2D eigenvalue weighted by atomic mass is 9.97. The van der Waals surface area contributed by atoms with Crippen molar-refractivity contribution in [2.75, 3.05) is 0 Å². The minimum Gasteiger partial charge on any atom is -0.205 e. The van der Waals surface area contributed by atoms with Crippen molar-refractivity contribution in [3.05, 3.63) is 29.6 Å². The van der Waals surface area contributed by atoms with Gasteiger partial charge in [0.05, 0.1) is 0 Å². The van der Waals surface area contributed by atoms with E-state index in [0.717, 1.165) is 0 Å². The second-order valence-corrected chi connectivity index (χ2v) is 17.3. The molecule has 1 aromatic heterocycles. The summed E-state index contributed by atoms with van der Waals surface area (Å²) >= 11 is 0. The molecule has 0 unspecified atom stereocenters. The molecule has 52 heavy (non-hydrogen) atoms. The number of aryl methyl sites for hydroxylation is 3. The van der Waals surface area contributed by atoms with Gasteiger partial charge in [-0.3, -0.25) is 0 Å². The molecular formula is C51H98N+. The number of pyridine rings is 1. The maximum Gasteiger partial charge on any atom is 0.172 e. The van der Waals surface area contributed by atoms with Gasteiger partial charge in [0, 0.05) is 18.1 Å². The molecule has 0 aliphatic carbocycles. The van der Waals surface area contributed by atoms with E-state index in [2.05, 4.69) is 43.8 Å². The van der Waals surface area contributed by atoms with Crippen LogP contribution < -0.4 is 4.57 Å². The third-order valence-corrected chi connectivity index (χ3v) is 12.1. The minimum absolute atomic E-state index is 1.21. The minimum atomic E-state index is 1.21. The zero-order valence-electron chi connectivity index (χ0n) is 36.6. The Bertz CT molecular complexity index is 813. The summed E-state index contributed by atoms with van der Waals surface area (Å²) in [5.74, 6) is 0. The maximum atomic E-state index is 2.57. The normalized spacial score (nSPS) is 11.6. The lowest BCUT2D eigenvalue weighted by Crippen LogP contribution is -2.34. The Morgan fingerprint density at radius 3 is 0.846 bits per heavy atom. The summed E-state index contributed by atoms with van der Waals surface area (Å²) in [6.07, 6.45) is 65.3. The molecule has 0 bridgehead atoms. The Hall–Kier alpha value is -0.850. The van der Waals surface area contributed by atoms with Gasteiger partial charge in [-0.1, -0.05) is 252 Å². The van der Waals surface area contributed by atoms with Gasteiger partial charge in [0.2, 0.25) is 0 Å². The maximum absolute atomic E-state index is 2.57. The molecule has 1 heteroatoms. The van der Waals surface area contributed by atoms with Crippen LogP contribution in [0.5, 0.6) is 0 Å². The summed E-state index contributed by atoms with van der Waals surface area (Å²) in [6, 6.07) is 2.51. The predicted molar refractivity (Wildman–Crippen MR) is 236 cm³/mol. The lowest BCUT2D eigenvalue weighted by molar-refractivity contribution is -0.697. The van der Waals surface area contributed by atoms with Crippen molar-refractivity contribution in [1.29, 1.82) is 0 Å². The first kappa shape index (κ1) is 49.2. The largest absolute Gasteiger partial charge is 0.205 e. The number of rotatable bonds is 43. The van der Waals surface area contributed by atoms with Gasteiger partial charge in [0.1, 0.15) is 6.54 Å². The molecule has 0 fully saturated rings. The Morgan fingerprint density at radius 1 is 0.288 bits per heavy atom. The molecule has 0 amide bonds. The fourth-order valence-electron chi connectivity index (χ4n) is 8.38. The van der Waals surface area contributed by atoms with E-state index in [4.69, 9.17) is 0 Å². The van der Waals surface area contributed by atoms with Crippen molar-refractivity contribution in [3.63, 3.8) is 0 Å². The van der Waals surface area contributed by atoms with Crippen LogP contribution in [-0.2, 0) is 19.4 Å². The second-order valence-electron chi connectivity index (χ2n) is 17.3. The molecule has 0 atom stereocenters. The van der Waals surface area contributed by atoms with Gasteiger partial charge in [0.25, 0.3) is 0 Å². The van der Waals surface area contributed by atoms with Gasteiger partial charge in [-0.15, -0.1) is 0 Å². The van der Waals surface area contributed by atoms with E-state index in [1.54, 1.807) is 11.1 Å². The van der Waals surface area contributed by atoms with E-state index < -0.39 is 0 Å². The third-order valence-electron chi connectivity index (χ3n) is 12.1. The van der Waals surface area contributed by atoms with Crippen LogP contribution in [-0.4, -0.2) is 0 Å². The average molecular weight is 725 g/mol. The first-order chi connectivity index (χ1) is 25.8. The van der Waals surface area contributed by atoms with E-state index in [9.17, 15) is 0 Å². The first-order valence-corrected chi connectivity index (χ1v) is 24.8. The predicted octanol–water partition coefficient (Wildman–Crippen LogP) is 17.7. The molecule has 1 aromatic rings. The van der Waals surface area contributed by atoms with Crippen LogP contribution in [0.15, 0.2) is 18.5 Å². The van der Waals surface area contributed by atoms with Gasteiger partial charge in [0.15, 0.2) is 12.4 Å². The van der Waals surface area contributed by atoms with Crippen molar-refractivity contribution in [3.8, 4) is 0 Å². The van der Waals surface area contributed by atoms with E-state index >= 15 is 0 Å². The van der Waals surface area contributed by atoms with Crippen LogP contribution in [0.25, 0.3) is 0 Å². The third kappa shape index (κ3) is 33.7. The summed E-state index contributed by atoms with van der Waals surface area (Å²) in [7, 11) is 0. The van der Waals surface area contributed by atoms with Crippen LogP contribution in [0, 0.1) is 0 Å². The zero-order valence-corrected chi connectivity index (χ0v) is 36.6. The van der Waals surface area contributed by atoms with Gasteiger partial charge in [-0.2, -0.15) is 0 Å². The summed E-state index contributed by atoms with van der Waals surface area (Å²) in [6.45, 7) is 8.16. The van der Waals surface area contributed by atoms with Gasteiger partial charge >= 0.3 is 0 Å². The van der Waals surface area contributed by atoms with Crippen LogP contribution in [0.2, 0.25) is 0 Å². The van der Waals surface area contributed by atoms with Crippen LogP contribution >= 0.6 is 0 Å². The summed E-state index contributed by atoms with van der Waals surface area (Å²) in [4.78, 5) is 0. The smallest absolute Gasteiger partial charge is 0.172 e. The van der Waals surface area contributed by atoms with Gasteiger partial charge in [-0.25, -0.2) is 4.57 Å². The van der Waals surface area contributed by atoms with E-state index in [0.29, 0.717) is 0 Å². The number of nitrogens with zero attached hydrogens (tertiary/aromatic N) is 1. The molecule has 0 saturated heterocycles. The molecule has 0 aliphatic heterocycles. The second kappa shape index (κ2) is 41.3. The molecule has 1 rings (SSSR count). The topological polar surface area (TPSA) is 3.88 Å². The van der Waals surface area contributed by atoms with Gasteiger partial charge < -0.3 is 0 Å². The highest BCUT2D eigenvalue weighted by Gasteiger charge is 2.10. The zero-order chi connectivity index (χ0) is 37.3. The Labute approximate surface area is 330 Å². The molecule has 0 radical (unpaired) electrons. The van der Waals surface area contributed by atoms with Crippen LogP contribution in [0.1, 0.15) is 289 Å². The molecule has 0 N–H and O–H groups in total. The summed E-state index contributed by atoms with van der Waals surface area (Å²) in [5, 5.41) is 0. The fourth-order valence-corrected chi connectivity index (χ4v) is 8.38. The number of unbranched alkanes of at least 4 members (excludes halogenated alkanes) is 37. The number of hydrogen-bond acceptors (Lipinski definition) is 0. The number of aromatic nitrogens is 1. The van der Waals surface area contributed by atoms with E-state index in [-0.39, 0.29) is 0 Å². The highest BCUT2D eigenvalue weighted by atomic mass is 14.9. The van der Waals surface area contributed by atoms with Crippen LogP contribution in [0.3, 0.4) is 0 Å². The summed E-state index contributed by atoms with van der Waals surface area (Å²) < 4.78 is 2.55. The molecule has 0 spiro atoms. The van der Waals surface area contributed by atoms with Crippen molar-refractivity contribution in [2.24, 2.45) is 0 Å². The molecule has 1 nitrogen and oxygen atoms in total. The van der Waals surface area contributed by atoms with Crippen molar-refractivity contribution >= 4 is 0 Å². The number of hydrogen-bond donors (Lipinski definition) is 0. The Balaban J connectivity index is 2.27. The molecule has 306 valence electrons. The fraction of sp³-hybridized carbons (Fsp3) is 0.902. The highest BCUT2D eigenvalue weighted by Crippen LogP contribution is 2.19. The first-order valence-electron chi connectivity index (χ1n) is 24.8. The molecule has 0 aliphatic rings. The Morgan fingerprint density at radius 2 is 0.538 bits per heavy atom. The quantitative estimate of drug-likeness (QED) is 0.0466. The van der Waals surface area contributed by atoms with Crippen LogP contribution in [0.4, 0.5) is 0 Å². The van der Waals surface area contributed by atoms with Crippen molar-refractivity contribution in [1.82, 2.24) is 0 Å². The molecular weight excluding hydrogens is 627 g/mol. The molecule has 1 heterocycles. The van der Waals surface area contributed by atoms with E-state index in [1.807, 2.05) is 0 Å². The summed E-state index contributed by atoms with van der Waals surface area (Å²) in [5.41, 5.74) is 3.34. The molecule has 0 saturated carbocycles. The van der Waals surface area contributed by atoms with Crippen molar-refractivity contribution < 1.29 is 4.57 Å². The standard InChI is InChI=1S/C51H98N/c1-4-7-10-13-16-19-22-25-26-27-28-31-34-37-40-43-47-52-48-46-50(44-41-38-35-32-29-23-20-17-14-11-8-5-2)51(49-52)45-42-39-36-33-30-24-21-18-15-12-9-6-3/h46,48-49H,4-45,47H2,1-3H3/q+1. The SMILES string of the molecule is CCCCCCCCCCCCCCCCCC[n+]1ccc(CCCCCCCCCCCCCC)c(CCCCCCCCCCCCCC)c1. The van der Waals surface area contributed by atoms with E-state index in [1.165, 1.54) is 276 Å².